The van der Waals surface area contributed by atoms with Gasteiger partial charge in [0.2, 0.25) is 0 Å². The molecular weight excluding hydrogens is 128 g/mol. The second-order valence-electron chi connectivity index (χ2n) is 2.25. The molecule has 0 aliphatic carbocycles. The second-order valence-corrected chi connectivity index (χ2v) is 2.25. The lowest BCUT2D eigenvalue weighted by molar-refractivity contribution is 0.0592. The molecule has 3 nitrogen and oxygen atoms in total. The Kier molecular flexibility index (Phi) is 3.09. The van der Waals surface area contributed by atoms with Gasteiger partial charge in [0.1, 0.15) is 0 Å². The first kappa shape index (κ1) is 7.41. The average Bonchev–Trinajstić information content (AvgIpc) is 2.03. The molecule has 0 aromatic rings. The Morgan fingerprint density at radius 3 is 2.70 bits per heavy atom. The molecule has 3 heteroatoms. The topological polar surface area (TPSA) is 24.5 Å². The van der Waals surface area contributed by atoms with Gasteiger partial charge in [0, 0.05) is 32.5 Å². The summed E-state index contributed by atoms with van der Waals surface area (Å²) in [6.45, 7) is 3.73. The highest BCUT2D eigenvalue weighted by Crippen LogP contribution is 1.95. The maximum Gasteiger partial charge on any atom is 0.0642 e. The number of hydrogen-bond donors (Lipinski definition) is 1. The summed E-state index contributed by atoms with van der Waals surface area (Å²) < 4.78 is 5.18. The van der Waals surface area contributed by atoms with Crippen LogP contribution in [-0.2, 0) is 4.74 Å². The van der Waals surface area contributed by atoms with Crippen molar-refractivity contribution in [1.29, 1.82) is 0 Å². The zero-order valence-electron chi connectivity index (χ0n) is 6.34. The molecule has 1 aliphatic heterocycles. The summed E-state index contributed by atoms with van der Waals surface area (Å²) in [5.41, 5.74) is 0. The molecule has 58 valence electrons. The Morgan fingerprint density at radius 2 is 2.10 bits per heavy atom. The fourth-order valence-corrected chi connectivity index (χ4v) is 0.906. The van der Waals surface area contributed by atoms with Crippen LogP contribution in [-0.4, -0.2) is 38.3 Å². The Bertz CT molecular complexity index is 108. The fraction of sp³-hybridized carbons (Fsp3) is 0.714. The number of nitrogens with one attached hydrogen (secondary N) is 1. The Morgan fingerprint density at radius 1 is 1.40 bits per heavy atom. The lowest BCUT2D eigenvalue weighted by Crippen LogP contribution is -2.32. The first-order chi connectivity index (χ1) is 4.93. The van der Waals surface area contributed by atoms with Crippen LogP contribution in [0.25, 0.3) is 0 Å². The fourth-order valence-electron chi connectivity index (χ4n) is 0.906. The molecule has 1 fully saturated rings. The molecule has 0 aromatic carbocycles. The van der Waals surface area contributed by atoms with E-state index in [4.69, 9.17) is 4.74 Å². The van der Waals surface area contributed by atoms with Crippen molar-refractivity contribution in [2.24, 2.45) is 0 Å². The van der Waals surface area contributed by atoms with E-state index >= 15 is 0 Å². The number of hydrogen-bond acceptors (Lipinski definition) is 3. The minimum atomic E-state index is 0.855. The van der Waals surface area contributed by atoms with Crippen molar-refractivity contribution in [2.75, 3.05) is 33.4 Å². The lowest BCUT2D eigenvalue weighted by atomic mass is 10.4. The molecule has 0 unspecified atom stereocenters. The maximum atomic E-state index is 5.18. The molecule has 10 heavy (non-hydrogen) atoms. The van der Waals surface area contributed by atoms with Crippen molar-refractivity contribution in [3.05, 3.63) is 12.4 Å². The van der Waals surface area contributed by atoms with E-state index in [0.29, 0.717) is 0 Å². The predicted molar refractivity (Wildman–Crippen MR) is 40.6 cm³/mol. The van der Waals surface area contributed by atoms with E-state index in [0.717, 1.165) is 26.3 Å². The molecule has 1 N–H and O–H groups in total. The van der Waals surface area contributed by atoms with Crippen LogP contribution in [0, 0.1) is 0 Å². The van der Waals surface area contributed by atoms with E-state index in [1.165, 1.54) is 0 Å². The number of morpholine rings is 1. The van der Waals surface area contributed by atoms with Crippen LogP contribution < -0.4 is 5.32 Å². The van der Waals surface area contributed by atoms with Gasteiger partial charge in [-0.25, -0.2) is 0 Å². The normalized spacial score (nSPS) is 19.9. The minimum Gasteiger partial charge on any atom is -0.393 e. The maximum absolute atomic E-state index is 5.18. The van der Waals surface area contributed by atoms with Crippen LogP contribution in [0.2, 0.25) is 0 Å². The van der Waals surface area contributed by atoms with Crippen LogP contribution in [0.15, 0.2) is 12.4 Å². The molecule has 0 aromatic heterocycles. The van der Waals surface area contributed by atoms with Crippen LogP contribution >= 0.6 is 0 Å². The molecule has 0 bridgehead atoms. The zero-order valence-corrected chi connectivity index (χ0v) is 6.34. The molecule has 0 radical (unpaired) electrons. The lowest BCUT2D eigenvalue weighted by Gasteiger charge is -2.24. The second kappa shape index (κ2) is 4.17. The highest BCUT2D eigenvalue weighted by molar-refractivity contribution is 4.80. The first-order valence-electron chi connectivity index (χ1n) is 3.59. The number of rotatable bonds is 2. The average molecular weight is 142 g/mol. The van der Waals surface area contributed by atoms with Gasteiger partial charge in [-0.3, -0.25) is 0 Å². The third-order valence-electron chi connectivity index (χ3n) is 1.50. The van der Waals surface area contributed by atoms with Crippen LogP contribution in [0.5, 0.6) is 0 Å². The van der Waals surface area contributed by atoms with Gasteiger partial charge in [0.15, 0.2) is 0 Å². The molecule has 0 saturated carbocycles. The van der Waals surface area contributed by atoms with Crippen molar-refractivity contribution in [3.63, 3.8) is 0 Å². The van der Waals surface area contributed by atoms with Gasteiger partial charge in [0.05, 0.1) is 13.2 Å². The van der Waals surface area contributed by atoms with E-state index in [1.807, 2.05) is 13.2 Å². The van der Waals surface area contributed by atoms with Crippen molar-refractivity contribution in [1.82, 2.24) is 10.2 Å². The summed E-state index contributed by atoms with van der Waals surface area (Å²) in [5.74, 6) is 0. The van der Waals surface area contributed by atoms with E-state index in [1.54, 1.807) is 0 Å². The monoisotopic (exact) mass is 142 g/mol. The molecule has 1 saturated heterocycles. The van der Waals surface area contributed by atoms with Gasteiger partial charge < -0.3 is 15.0 Å². The van der Waals surface area contributed by atoms with Gasteiger partial charge in [-0.05, 0) is 0 Å². The SMILES string of the molecule is CNC=CN1CCOCC1. The summed E-state index contributed by atoms with van der Waals surface area (Å²) in [6.07, 6.45) is 3.99. The summed E-state index contributed by atoms with van der Waals surface area (Å²) in [6, 6.07) is 0. The smallest absolute Gasteiger partial charge is 0.0642 e. The van der Waals surface area contributed by atoms with Crippen LogP contribution in [0.4, 0.5) is 0 Å². The van der Waals surface area contributed by atoms with E-state index in [-0.39, 0.29) is 0 Å². The molecule has 0 spiro atoms. The van der Waals surface area contributed by atoms with E-state index in [9.17, 15) is 0 Å². The van der Waals surface area contributed by atoms with Gasteiger partial charge in [-0.2, -0.15) is 0 Å². The summed E-state index contributed by atoms with van der Waals surface area (Å²) in [5, 5.41) is 2.95. The molecular formula is C7H14N2O. The number of nitrogens with zero attached hydrogens (tertiary/aromatic N) is 1. The summed E-state index contributed by atoms with van der Waals surface area (Å²) in [4.78, 5) is 2.24. The minimum absolute atomic E-state index is 0.855. The number of ether oxygens (including phenoxy) is 1. The molecule has 1 heterocycles. The van der Waals surface area contributed by atoms with Gasteiger partial charge in [0.25, 0.3) is 0 Å². The van der Waals surface area contributed by atoms with Crippen LogP contribution in [0.3, 0.4) is 0 Å². The van der Waals surface area contributed by atoms with Crippen LogP contribution in [0.1, 0.15) is 0 Å². The predicted octanol–water partition coefficient (Wildman–Crippen LogP) is 0.00920. The van der Waals surface area contributed by atoms with E-state index in [2.05, 4.69) is 16.4 Å². The third kappa shape index (κ3) is 2.27. The van der Waals surface area contributed by atoms with Gasteiger partial charge in [-0.15, -0.1) is 0 Å². The largest absolute Gasteiger partial charge is 0.393 e. The Balaban J connectivity index is 2.19. The van der Waals surface area contributed by atoms with Crippen molar-refractivity contribution in [2.45, 2.75) is 0 Å². The highest BCUT2D eigenvalue weighted by atomic mass is 16.5. The van der Waals surface area contributed by atoms with Crippen molar-refractivity contribution in [3.8, 4) is 0 Å². The van der Waals surface area contributed by atoms with Crippen molar-refractivity contribution < 1.29 is 4.74 Å². The Hall–Kier alpha value is -0.700. The quantitative estimate of drug-likeness (QED) is 0.587. The summed E-state index contributed by atoms with van der Waals surface area (Å²) in [7, 11) is 1.90. The summed E-state index contributed by atoms with van der Waals surface area (Å²) >= 11 is 0. The molecule has 1 rings (SSSR count). The first-order valence-corrected chi connectivity index (χ1v) is 3.59. The Labute approximate surface area is 61.7 Å². The zero-order chi connectivity index (χ0) is 7.23. The molecule has 0 amide bonds. The molecule has 1 aliphatic rings. The van der Waals surface area contributed by atoms with Gasteiger partial charge in [-0.1, -0.05) is 0 Å². The standard InChI is InChI=1S/C7H14N2O/c1-8-2-3-9-4-6-10-7-5-9/h2-3,8H,4-7H2,1H3. The van der Waals surface area contributed by atoms with Gasteiger partial charge >= 0.3 is 0 Å². The third-order valence-corrected chi connectivity index (χ3v) is 1.50. The van der Waals surface area contributed by atoms with E-state index < -0.39 is 0 Å². The highest BCUT2D eigenvalue weighted by Gasteiger charge is 2.03. The molecule has 0 atom stereocenters. The van der Waals surface area contributed by atoms with Crippen molar-refractivity contribution >= 4 is 0 Å².